The molecular formula is C21H23F3N8O2. The zero-order valence-corrected chi connectivity index (χ0v) is 18.3. The van der Waals surface area contributed by atoms with Crippen LogP contribution in [0.1, 0.15) is 29.7 Å². The van der Waals surface area contributed by atoms with Crippen LogP contribution in [0.25, 0.3) is 0 Å². The zero-order valence-electron chi connectivity index (χ0n) is 18.3. The SMILES string of the molecule is N#CN1CCc2c(ncnc2N2CCC[C@@H](Nc3ncc(C(F)(F)F)c(OC4COC4)n3)C2)C1. The van der Waals surface area contributed by atoms with Gasteiger partial charge >= 0.3 is 6.18 Å². The summed E-state index contributed by atoms with van der Waals surface area (Å²) >= 11 is 0. The molecule has 34 heavy (non-hydrogen) atoms. The second kappa shape index (κ2) is 9.09. The number of alkyl halides is 3. The van der Waals surface area contributed by atoms with Gasteiger partial charge in [-0.1, -0.05) is 0 Å². The third kappa shape index (κ3) is 4.63. The topological polar surface area (TPSA) is 112 Å². The van der Waals surface area contributed by atoms with Crippen LogP contribution in [0, 0.1) is 11.5 Å². The largest absolute Gasteiger partial charge is 0.469 e. The van der Waals surface area contributed by atoms with Crippen LogP contribution in [0.3, 0.4) is 0 Å². The Balaban J connectivity index is 1.32. The Morgan fingerprint density at radius 3 is 2.79 bits per heavy atom. The van der Waals surface area contributed by atoms with Crippen molar-refractivity contribution in [1.29, 1.82) is 5.26 Å². The summed E-state index contributed by atoms with van der Waals surface area (Å²) in [6.07, 6.45) is 1.72. The first-order chi connectivity index (χ1) is 16.4. The fourth-order valence-electron chi connectivity index (χ4n) is 4.32. The highest BCUT2D eigenvalue weighted by Crippen LogP contribution is 2.36. The molecule has 0 spiro atoms. The summed E-state index contributed by atoms with van der Waals surface area (Å²) in [5.74, 6) is 0.443. The normalized spacial score (nSPS) is 20.8. The number of nitrogens with one attached hydrogen (secondary N) is 1. The van der Waals surface area contributed by atoms with Gasteiger partial charge in [-0.25, -0.2) is 15.0 Å². The van der Waals surface area contributed by atoms with Crippen LogP contribution < -0.4 is 15.0 Å². The lowest BCUT2D eigenvalue weighted by atomic mass is 10.0. The quantitative estimate of drug-likeness (QED) is 0.643. The summed E-state index contributed by atoms with van der Waals surface area (Å²) in [6.45, 7) is 2.93. The monoisotopic (exact) mass is 476 g/mol. The van der Waals surface area contributed by atoms with E-state index < -0.39 is 23.7 Å². The van der Waals surface area contributed by atoms with Crippen molar-refractivity contribution < 1.29 is 22.6 Å². The predicted molar refractivity (Wildman–Crippen MR) is 113 cm³/mol. The Labute approximate surface area is 193 Å². The molecule has 1 N–H and O–H groups in total. The molecule has 2 fully saturated rings. The third-order valence-corrected chi connectivity index (χ3v) is 6.12. The molecule has 2 aromatic heterocycles. The smallest absolute Gasteiger partial charge is 0.423 e. The first-order valence-corrected chi connectivity index (χ1v) is 11.1. The van der Waals surface area contributed by atoms with Gasteiger partial charge in [0.2, 0.25) is 11.8 Å². The zero-order chi connectivity index (χ0) is 23.7. The number of nitriles is 1. The van der Waals surface area contributed by atoms with Crippen molar-refractivity contribution in [2.45, 2.75) is 44.1 Å². The number of halogens is 3. The van der Waals surface area contributed by atoms with E-state index in [1.165, 1.54) is 6.33 Å². The molecular weight excluding hydrogens is 453 g/mol. The molecule has 3 aliphatic heterocycles. The number of hydrogen-bond acceptors (Lipinski definition) is 10. The van der Waals surface area contributed by atoms with E-state index in [0.29, 0.717) is 26.1 Å². The van der Waals surface area contributed by atoms with E-state index in [9.17, 15) is 18.4 Å². The third-order valence-electron chi connectivity index (χ3n) is 6.12. The van der Waals surface area contributed by atoms with E-state index in [-0.39, 0.29) is 25.2 Å². The lowest BCUT2D eigenvalue weighted by Gasteiger charge is -2.36. The van der Waals surface area contributed by atoms with E-state index in [1.54, 1.807) is 4.90 Å². The Kier molecular flexibility index (Phi) is 5.99. The molecule has 0 saturated carbocycles. The molecule has 2 aromatic rings. The molecule has 3 aliphatic rings. The maximum Gasteiger partial charge on any atom is 0.423 e. The van der Waals surface area contributed by atoms with Gasteiger partial charge in [0.1, 0.15) is 23.8 Å². The summed E-state index contributed by atoms with van der Waals surface area (Å²) in [6, 6.07) is -0.0878. The second-order valence-corrected chi connectivity index (χ2v) is 8.51. The average Bonchev–Trinajstić information content (AvgIpc) is 2.80. The molecule has 13 heteroatoms. The minimum atomic E-state index is -4.62. The van der Waals surface area contributed by atoms with Crippen molar-refractivity contribution in [1.82, 2.24) is 24.8 Å². The summed E-state index contributed by atoms with van der Waals surface area (Å²) in [7, 11) is 0. The molecule has 0 bridgehead atoms. The van der Waals surface area contributed by atoms with Crippen molar-refractivity contribution in [2.24, 2.45) is 0 Å². The van der Waals surface area contributed by atoms with E-state index in [0.717, 1.165) is 42.7 Å². The maximum atomic E-state index is 13.4. The van der Waals surface area contributed by atoms with Gasteiger partial charge in [-0.3, -0.25) is 0 Å². The standard InChI is InChI=1S/C21H23F3N8O2/c22-21(23,24)16-6-26-20(30-19(16)34-14-9-33-10-14)29-13-2-1-4-32(7-13)18-15-3-5-31(11-25)8-17(15)27-12-28-18/h6,12-14H,1-5,7-10H2,(H,26,29,30)/t13-/m1/s1. The Morgan fingerprint density at radius 2 is 2.06 bits per heavy atom. The van der Waals surface area contributed by atoms with Crippen LogP contribution in [0.4, 0.5) is 24.9 Å². The minimum absolute atomic E-state index is 0.0875. The van der Waals surface area contributed by atoms with Crippen LogP contribution in [0.2, 0.25) is 0 Å². The first-order valence-electron chi connectivity index (χ1n) is 11.1. The fourth-order valence-corrected chi connectivity index (χ4v) is 4.32. The van der Waals surface area contributed by atoms with Gasteiger partial charge in [-0.2, -0.15) is 23.4 Å². The highest BCUT2D eigenvalue weighted by Gasteiger charge is 2.38. The van der Waals surface area contributed by atoms with Crippen molar-refractivity contribution in [3.05, 3.63) is 29.3 Å². The van der Waals surface area contributed by atoms with Gasteiger partial charge in [-0.05, 0) is 19.3 Å². The van der Waals surface area contributed by atoms with Crippen molar-refractivity contribution in [3.63, 3.8) is 0 Å². The van der Waals surface area contributed by atoms with Crippen molar-refractivity contribution in [3.8, 4) is 12.1 Å². The van der Waals surface area contributed by atoms with Gasteiger partial charge in [0.25, 0.3) is 0 Å². The molecule has 5 rings (SSSR count). The molecule has 0 aromatic carbocycles. The number of rotatable bonds is 5. The van der Waals surface area contributed by atoms with Crippen LogP contribution in [-0.2, 0) is 23.9 Å². The molecule has 180 valence electrons. The van der Waals surface area contributed by atoms with Crippen LogP contribution in [0.5, 0.6) is 5.88 Å². The number of ether oxygens (including phenoxy) is 2. The van der Waals surface area contributed by atoms with Crippen LogP contribution in [0.15, 0.2) is 12.5 Å². The van der Waals surface area contributed by atoms with E-state index in [2.05, 4.69) is 36.3 Å². The van der Waals surface area contributed by atoms with Gasteiger partial charge in [0.05, 0.1) is 25.5 Å². The van der Waals surface area contributed by atoms with Crippen LogP contribution in [-0.4, -0.2) is 69.8 Å². The number of hydrogen-bond donors (Lipinski definition) is 1. The molecule has 0 amide bonds. The van der Waals surface area contributed by atoms with Gasteiger partial charge in [0.15, 0.2) is 6.19 Å². The summed E-state index contributed by atoms with van der Waals surface area (Å²) in [5, 5.41) is 12.3. The molecule has 2 saturated heterocycles. The highest BCUT2D eigenvalue weighted by molar-refractivity contribution is 5.51. The number of piperidine rings is 1. The molecule has 0 aliphatic carbocycles. The Hall–Kier alpha value is -3.40. The first kappa shape index (κ1) is 22.4. The highest BCUT2D eigenvalue weighted by atomic mass is 19.4. The predicted octanol–water partition coefficient (Wildman–Crippen LogP) is 1.98. The summed E-state index contributed by atoms with van der Waals surface area (Å²) in [4.78, 5) is 20.6. The lowest BCUT2D eigenvalue weighted by molar-refractivity contribution is -0.142. The second-order valence-electron chi connectivity index (χ2n) is 8.51. The van der Waals surface area contributed by atoms with Gasteiger partial charge in [0, 0.05) is 37.4 Å². The summed E-state index contributed by atoms with van der Waals surface area (Å²) < 4.78 is 50.6. The van der Waals surface area contributed by atoms with E-state index in [1.807, 2.05) is 0 Å². The van der Waals surface area contributed by atoms with Gasteiger partial charge in [-0.15, -0.1) is 0 Å². The van der Waals surface area contributed by atoms with E-state index in [4.69, 9.17) is 9.47 Å². The molecule has 0 unspecified atom stereocenters. The Morgan fingerprint density at radius 1 is 1.21 bits per heavy atom. The van der Waals surface area contributed by atoms with Crippen molar-refractivity contribution in [2.75, 3.05) is 43.1 Å². The van der Waals surface area contributed by atoms with Crippen LogP contribution >= 0.6 is 0 Å². The number of anilines is 2. The average molecular weight is 476 g/mol. The molecule has 1 atom stereocenters. The van der Waals surface area contributed by atoms with Gasteiger partial charge < -0.3 is 24.6 Å². The molecule has 10 nitrogen and oxygen atoms in total. The number of aromatic nitrogens is 4. The maximum absolute atomic E-state index is 13.4. The number of fused-ring (bicyclic) bond motifs is 1. The Bertz CT molecular complexity index is 1090. The molecule has 5 heterocycles. The fraction of sp³-hybridized carbons (Fsp3) is 0.571. The number of nitrogens with zero attached hydrogens (tertiary/aromatic N) is 7. The summed E-state index contributed by atoms with van der Waals surface area (Å²) in [5.41, 5.74) is 0.883. The lowest BCUT2D eigenvalue weighted by Crippen LogP contribution is -2.44. The molecule has 0 radical (unpaired) electrons. The van der Waals surface area contributed by atoms with E-state index >= 15 is 0 Å². The van der Waals surface area contributed by atoms with Crippen molar-refractivity contribution >= 4 is 11.8 Å². The minimum Gasteiger partial charge on any atom is -0.469 e.